The Kier molecular flexibility index (Phi) is 25.6. The van der Waals surface area contributed by atoms with Gasteiger partial charge in [0, 0.05) is 6.08 Å². The average molecular weight is 423 g/mol. The van der Waals surface area contributed by atoms with Crippen molar-refractivity contribution in [2.45, 2.75) is 155 Å². The maximum absolute atomic E-state index is 10.9. The van der Waals surface area contributed by atoms with Crippen LogP contribution in [0.1, 0.15) is 155 Å². The first-order valence-electron chi connectivity index (χ1n) is 13.6. The Balaban J connectivity index is 3.05. The van der Waals surface area contributed by atoms with Gasteiger partial charge in [-0.05, 0) is 12.8 Å². The molecule has 0 aromatic heterocycles. The molecular weight excluding hydrogens is 368 g/mol. The molecule has 0 radical (unpaired) electrons. The number of hydrogen-bond donors (Lipinski definition) is 0. The summed E-state index contributed by atoms with van der Waals surface area (Å²) in [4.78, 5) is 10.9. The van der Waals surface area contributed by atoms with Gasteiger partial charge in [0.25, 0.3) is 0 Å². The SMILES string of the molecule is CCCCCCCCCCCCCCCCCCCCCCCC/C=C/C(=O)OC. The van der Waals surface area contributed by atoms with Crippen LogP contribution in [0, 0.1) is 0 Å². The van der Waals surface area contributed by atoms with E-state index in [0.717, 1.165) is 6.42 Å². The largest absolute Gasteiger partial charge is 0.466 e. The predicted molar refractivity (Wildman–Crippen MR) is 133 cm³/mol. The van der Waals surface area contributed by atoms with Gasteiger partial charge < -0.3 is 4.74 Å². The second-order valence-corrected chi connectivity index (χ2v) is 9.14. The number of carbonyl (C=O) groups excluding carboxylic acids is 1. The van der Waals surface area contributed by atoms with Gasteiger partial charge in [-0.3, -0.25) is 0 Å². The number of esters is 1. The van der Waals surface area contributed by atoms with Gasteiger partial charge in [-0.2, -0.15) is 0 Å². The first-order valence-corrected chi connectivity index (χ1v) is 13.6. The zero-order valence-electron chi connectivity index (χ0n) is 20.7. The minimum absolute atomic E-state index is 0.242. The molecule has 178 valence electrons. The van der Waals surface area contributed by atoms with E-state index in [1.165, 1.54) is 154 Å². The van der Waals surface area contributed by atoms with Crippen LogP contribution >= 0.6 is 0 Å². The third kappa shape index (κ3) is 25.2. The van der Waals surface area contributed by atoms with Crippen LogP contribution in [0.4, 0.5) is 0 Å². The Bertz CT molecular complexity index is 362. The molecule has 0 saturated heterocycles. The minimum Gasteiger partial charge on any atom is -0.466 e. The lowest BCUT2D eigenvalue weighted by molar-refractivity contribution is -0.134. The summed E-state index contributed by atoms with van der Waals surface area (Å²) in [5.41, 5.74) is 0. The van der Waals surface area contributed by atoms with Crippen molar-refractivity contribution < 1.29 is 9.53 Å². The minimum atomic E-state index is -0.242. The standard InChI is InChI=1S/C28H54O2/c1-3-4-5-6-7-8-9-10-11-12-13-14-15-16-17-18-19-20-21-22-23-24-25-26-27-28(29)30-2/h26-27H,3-25H2,1-2H3/b27-26+. The number of unbranched alkanes of at least 4 members (excludes halogenated alkanes) is 22. The summed E-state index contributed by atoms with van der Waals surface area (Å²) >= 11 is 0. The second-order valence-electron chi connectivity index (χ2n) is 9.14. The lowest BCUT2D eigenvalue weighted by Gasteiger charge is -2.04. The highest BCUT2D eigenvalue weighted by Crippen LogP contribution is 2.15. The molecule has 0 unspecified atom stereocenters. The Morgan fingerprint density at radius 1 is 0.533 bits per heavy atom. The van der Waals surface area contributed by atoms with Crippen molar-refractivity contribution in [1.82, 2.24) is 0 Å². The molecule has 0 bridgehead atoms. The lowest BCUT2D eigenvalue weighted by atomic mass is 10.0. The summed E-state index contributed by atoms with van der Waals surface area (Å²) in [5, 5.41) is 0. The summed E-state index contributed by atoms with van der Waals surface area (Å²) in [6.07, 6.45) is 35.7. The van der Waals surface area contributed by atoms with Crippen molar-refractivity contribution in [3.05, 3.63) is 12.2 Å². The van der Waals surface area contributed by atoms with E-state index in [4.69, 9.17) is 0 Å². The normalized spacial score (nSPS) is 11.4. The maximum atomic E-state index is 10.9. The topological polar surface area (TPSA) is 26.3 Å². The summed E-state index contributed by atoms with van der Waals surface area (Å²) in [6, 6.07) is 0. The molecule has 0 amide bonds. The molecule has 0 heterocycles. The van der Waals surface area contributed by atoms with Gasteiger partial charge in [-0.15, -0.1) is 0 Å². The summed E-state index contributed by atoms with van der Waals surface area (Å²) < 4.78 is 4.58. The van der Waals surface area contributed by atoms with Gasteiger partial charge in [0.15, 0.2) is 0 Å². The van der Waals surface area contributed by atoms with Crippen LogP contribution in [0.15, 0.2) is 12.2 Å². The van der Waals surface area contributed by atoms with Crippen LogP contribution in [0.5, 0.6) is 0 Å². The fourth-order valence-corrected chi connectivity index (χ4v) is 4.12. The molecule has 0 fully saturated rings. The molecule has 0 aliphatic rings. The number of rotatable bonds is 24. The van der Waals surface area contributed by atoms with Crippen LogP contribution in [0.25, 0.3) is 0 Å². The van der Waals surface area contributed by atoms with E-state index in [-0.39, 0.29) is 5.97 Å². The molecule has 30 heavy (non-hydrogen) atoms. The molecule has 0 aromatic carbocycles. The number of ether oxygens (including phenoxy) is 1. The molecule has 0 rings (SSSR count). The summed E-state index contributed by atoms with van der Waals surface area (Å²) in [5.74, 6) is -0.242. The van der Waals surface area contributed by atoms with E-state index in [1.807, 2.05) is 6.08 Å². The van der Waals surface area contributed by atoms with Gasteiger partial charge >= 0.3 is 5.97 Å². The van der Waals surface area contributed by atoms with Crippen molar-refractivity contribution >= 4 is 5.97 Å². The maximum Gasteiger partial charge on any atom is 0.330 e. The highest BCUT2D eigenvalue weighted by Gasteiger charge is 1.96. The predicted octanol–water partition coefficient (Wildman–Crippen LogP) is 9.71. The number of methoxy groups -OCH3 is 1. The van der Waals surface area contributed by atoms with Gasteiger partial charge in [0.1, 0.15) is 0 Å². The van der Waals surface area contributed by atoms with Crippen LogP contribution in [-0.4, -0.2) is 13.1 Å². The van der Waals surface area contributed by atoms with Gasteiger partial charge in [0.05, 0.1) is 7.11 Å². The fourth-order valence-electron chi connectivity index (χ4n) is 4.12. The Labute approximate surface area is 189 Å². The van der Waals surface area contributed by atoms with E-state index in [1.54, 1.807) is 0 Å². The van der Waals surface area contributed by atoms with E-state index < -0.39 is 0 Å². The highest BCUT2D eigenvalue weighted by atomic mass is 16.5. The summed E-state index contributed by atoms with van der Waals surface area (Å²) in [6.45, 7) is 2.29. The molecule has 0 aliphatic heterocycles. The lowest BCUT2D eigenvalue weighted by Crippen LogP contribution is -1.93. The van der Waals surface area contributed by atoms with E-state index in [9.17, 15) is 4.79 Å². The Morgan fingerprint density at radius 3 is 1.13 bits per heavy atom. The molecule has 2 heteroatoms. The van der Waals surface area contributed by atoms with Gasteiger partial charge in [0.2, 0.25) is 0 Å². The van der Waals surface area contributed by atoms with E-state index >= 15 is 0 Å². The zero-order chi connectivity index (χ0) is 22.0. The number of hydrogen-bond acceptors (Lipinski definition) is 2. The molecule has 0 N–H and O–H groups in total. The molecule has 0 spiro atoms. The second kappa shape index (κ2) is 26.2. The van der Waals surface area contributed by atoms with Gasteiger partial charge in [-0.25, -0.2) is 4.79 Å². The fraction of sp³-hybridized carbons (Fsp3) is 0.893. The van der Waals surface area contributed by atoms with Crippen molar-refractivity contribution in [2.75, 3.05) is 7.11 Å². The van der Waals surface area contributed by atoms with Crippen LogP contribution in [0.3, 0.4) is 0 Å². The molecule has 2 nitrogen and oxygen atoms in total. The quantitative estimate of drug-likeness (QED) is 0.0878. The highest BCUT2D eigenvalue weighted by molar-refractivity contribution is 5.81. The first kappa shape index (κ1) is 29.2. The Morgan fingerprint density at radius 2 is 0.833 bits per heavy atom. The summed E-state index contributed by atoms with van der Waals surface area (Å²) in [7, 11) is 1.42. The van der Waals surface area contributed by atoms with Crippen molar-refractivity contribution in [3.8, 4) is 0 Å². The van der Waals surface area contributed by atoms with Crippen LogP contribution in [-0.2, 0) is 9.53 Å². The first-order chi connectivity index (χ1) is 14.8. The van der Waals surface area contributed by atoms with Crippen LogP contribution in [0.2, 0.25) is 0 Å². The molecule has 0 saturated carbocycles. The molecule has 0 aromatic rings. The number of allylic oxidation sites excluding steroid dienone is 1. The van der Waals surface area contributed by atoms with Crippen molar-refractivity contribution in [2.24, 2.45) is 0 Å². The van der Waals surface area contributed by atoms with E-state index in [0.29, 0.717) is 0 Å². The molecule has 0 atom stereocenters. The number of carbonyl (C=O) groups is 1. The zero-order valence-corrected chi connectivity index (χ0v) is 20.7. The van der Waals surface area contributed by atoms with E-state index in [2.05, 4.69) is 11.7 Å². The third-order valence-corrected chi connectivity index (χ3v) is 6.18. The monoisotopic (exact) mass is 422 g/mol. The van der Waals surface area contributed by atoms with Crippen LogP contribution < -0.4 is 0 Å². The van der Waals surface area contributed by atoms with Gasteiger partial charge in [-0.1, -0.05) is 148 Å². The van der Waals surface area contributed by atoms with Crippen molar-refractivity contribution in [1.29, 1.82) is 0 Å². The third-order valence-electron chi connectivity index (χ3n) is 6.18. The van der Waals surface area contributed by atoms with Crippen molar-refractivity contribution in [3.63, 3.8) is 0 Å². The average Bonchev–Trinajstić information content (AvgIpc) is 2.76. The smallest absolute Gasteiger partial charge is 0.330 e. The Hall–Kier alpha value is -0.790. The molecule has 0 aliphatic carbocycles. The molecular formula is C28H54O2.